The van der Waals surface area contributed by atoms with E-state index in [-0.39, 0.29) is 24.6 Å². The maximum atomic E-state index is 13.1. The summed E-state index contributed by atoms with van der Waals surface area (Å²) in [5.74, 6) is -0.292. The first kappa shape index (κ1) is 21.5. The number of ketones is 1. The van der Waals surface area contributed by atoms with Crippen LogP contribution in [0.2, 0.25) is 0 Å². The van der Waals surface area contributed by atoms with Gasteiger partial charge >= 0.3 is 5.97 Å². The number of rotatable bonds is 8. The molecule has 0 fully saturated rings. The minimum Gasteiger partial charge on any atom is -0.457 e. The van der Waals surface area contributed by atoms with Crippen molar-refractivity contribution in [3.05, 3.63) is 75.7 Å². The van der Waals surface area contributed by atoms with Gasteiger partial charge < -0.3 is 13.8 Å². The number of Topliss-reactive ketones (excluding diaryl/α,β-unsaturated/α-hetero) is 1. The van der Waals surface area contributed by atoms with Crippen molar-refractivity contribution in [1.29, 1.82) is 0 Å². The van der Waals surface area contributed by atoms with Gasteiger partial charge in [-0.15, -0.1) is 0 Å². The normalized spacial score (nSPS) is 11.0. The molecule has 158 valence electrons. The van der Waals surface area contributed by atoms with E-state index in [2.05, 4.69) is 5.16 Å². The molecule has 7 heteroatoms. The number of hydrogen-bond acceptors (Lipinski definition) is 5. The number of aromatic nitrogens is 2. The molecule has 0 saturated carbocycles. The third-order valence-corrected chi connectivity index (χ3v) is 5.25. The van der Waals surface area contributed by atoms with Crippen LogP contribution in [0.4, 0.5) is 4.39 Å². The lowest BCUT2D eigenvalue weighted by Crippen LogP contribution is -2.15. The second-order valence-electron chi connectivity index (χ2n) is 7.38. The Morgan fingerprint density at radius 1 is 1.13 bits per heavy atom. The van der Waals surface area contributed by atoms with Crippen LogP contribution in [0.3, 0.4) is 0 Å². The summed E-state index contributed by atoms with van der Waals surface area (Å²) in [4.78, 5) is 24.7. The summed E-state index contributed by atoms with van der Waals surface area (Å²) < 4.78 is 25.4. The lowest BCUT2D eigenvalue weighted by Gasteiger charge is -2.10. The Kier molecular flexibility index (Phi) is 6.50. The highest BCUT2D eigenvalue weighted by atomic mass is 19.1. The van der Waals surface area contributed by atoms with Crippen LogP contribution in [0.5, 0.6) is 0 Å². The van der Waals surface area contributed by atoms with Crippen molar-refractivity contribution in [1.82, 2.24) is 9.72 Å². The van der Waals surface area contributed by atoms with Gasteiger partial charge in [0.1, 0.15) is 11.6 Å². The fourth-order valence-corrected chi connectivity index (χ4v) is 3.48. The Morgan fingerprint density at radius 2 is 1.83 bits per heavy atom. The minimum atomic E-state index is -0.441. The number of nitrogens with zero attached hydrogens (tertiary/aromatic N) is 2. The molecule has 0 saturated heterocycles. The van der Waals surface area contributed by atoms with Crippen molar-refractivity contribution in [2.75, 3.05) is 6.61 Å². The summed E-state index contributed by atoms with van der Waals surface area (Å²) >= 11 is 0. The second kappa shape index (κ2) is 9.07. The number of benzene rings is 1. The maximum absolute atomic E-state index is 13.1. The Bertz CT molecular complexity index is 1040. The van der Waals surface area contributed by atoms with E-state index in [1.807, 2.05) is 25.3 Å². The van der Waals surface area contributed by atoms with E-state index in [9.17, 15) is 14.0 Å². The highest BCUT2D eigenvalue weighted by Crippen LogP contribution is 2.19. The van der Waals surface area contributed by atoms with Crippen molar-refractivity contribution >= 4 is 11.8 Å². The van der Waals surface area contributed by atoms with Crippen LogP contribution >= 0.6 is 0 Å². The largest absolute Gasteiger partial charge is 0.457 e. The molecule has 0 N–H and O–H groups in total. The monoisotopic (exact) mass is 412 g/mol. The van der Waals surface area contributed by atoms with Gasteiger partial charge in [-0.25, -0.2) is 4.39 Å². The summed E-state index contributed by atoms with van der Waals surface area (Å²) in [5, 5.41) is 3.86. The molecule has 3 rings (SSSR count). The molecular formula is C23H25FN2O4. The van der Waals surface area contributed by atoms with Crippen LogP contribution in [-0.4, -0.2) is 28.1 Å². The number of halogens is 1. The Morgan fingerprint density at radius 3 is 2.47 bits per heavy atom. The molecule has 0 bridgehead atoms. The van der Waals surface area contributed by atoms with Gasteiger partial charge in [-0.05, 0) is 57.9 Å². The molecule has 0 amide bonds. The molecular weight excluding hydrogens is 387 g/mol. The minimum absolute atomic E-state index is 0.153. The van der Waals surface area contributed by atoms with Gasteiger partial charge in [-0.2, -0.15) is 0 Å². The van der Waals surface area contributed by atoms with Gasteiger partial charge in [-0.3, -0.25) is 9.59 Å². The zero-order valence-electron chi connectivity index (χ0n) is 17.6. The molecule has 6 nitrogen and oxygen atoms in total. The highest BCUT2D eigenvalue weighted by Gasteiger charge is 2.18. The van der Waals surface area contributed by atoms with E-state index in [1.54, 1.807) is 25.1 Å². The number of carbonyl (C=O) groups is 2. The quantitative estimate of drug-likeness (QED) is 0.408. The molecule has 0 radical (unpaired) electrons. The zero-order chi connectivity index (χ0) is 21.8. The Balaban J connectivity index is 1.58. The SMILES string of the molecule is Cc1noc(C)c1CCC(=O)OCC(=O)c1cc(C)n(Cc2ccc(F)cc2)c1C. The fraction of sp³-hybridized carbons (Fsp3) is 0.348. The van der Waals surface area contributed by atoms with Crippen LogP contribution in [0.1, 0.15) is 50.7 Å². The van der Waals surface area contributed by atoms with E-state index < -0.39 is 5.97 Å². The van der Waals surface area contributed by atoms with Gasteiger partial charge in [0.25, 0.3) is 0 Å². The number of ether oxygens (including phenoxy) is 1. The van der Waals surface area contributed by atoms with Gasteiger partial charge in [0, 0.05) is 35.5 Å². The molecule has 0 unspecified atom stereocenters. The number of hydrogen-bond donors (Lipinski definition) is 0. The highest BCUT2D eigenvalue weighted by molar-refractivity contribution is 5.99. The molecule has 1 aromatic carbocycles. The number of esters is 1. The topological polar surface area (TPSA) is 74.3 Å². The second-order valence-corrected chi connectivity index (χ2v) is 7.38. The van der Waals surface area contributed by atoms with E-state index in [4.69, 9.17) is 9.26 Å². The standard InChI is InChI=1S/C23H25FN2O4/c1-14-11-21(16(3)26(14)12-18-5-7-19(24)8-6-18)22(27)13-29-23(28)10-9-20-15(2)25-30-17(20)4/h5-8,11H,9-10,12-13H2,1-4H3. The van der Waals surface area contributed by atoms with Gasteiger partial charge in [-0.1, -0.05) is 17.3 Å². The fourth-order valence-electron chi connectivity index (χ4n) is 3.48. The maximum Gasteiger partial charge on any atom is 0.306 e. The Hall–Kier alpha value is -3.22. The van der Waals surface area contributed by atoms with Crippen LogP contribution < -0.4 is 0 Å². The first-order valence-corrected chi connectivity index (χ1v) is 9.78. The van der Waals surface area contributed by atoms with E-state index in [0.29, 0.717) is 24.3 Å². The lowest BCUT2D eigenvalue weighted by atomic mass is 10.1. The molecule has 2 aromatic heterocycles. The average molecular weight is 412 g/mol. The smallest absolute Gasteiger partial charge is 0.306 e. The molecule has 0 aliphatic heterocycles. The number of carbonyl (C=O) groups excluding carboxylic acids is 2. The molecule has 0 aliphatic rings. The molecule has 30 heavy (non-hydrogen) atoms. The summed E-state index contributed by atoms with van der Waals surface area (Å²) in [5.41, 5.74) is 4.79. The van der Waals surface area contributed by atoms with Gasteiger partial charge in [0.15, 0.2) is 6.61 Å². The summed E-state index contributed by atoms with van der Waals surface area (Å²) in [6.45, 7) is 7.60. The third-order valence-electron chi connectivity index (χ3n) is 5.25. The number of aryl methyl sites for hydroxylation is 3. The lowest BCUT2D eigenvalue weighted by molar-refractivity contribution is -0.142. The molecule has 2 heterocycles. The average Bonchev–Trinajstić information content (AvgIpc) is 3.19. The van der Waals surface area contributed by atoms with Gasteiger partial charge in [0.05, 0.1) is 5.69 Å². The van der Waals surface area contributed by atoms with Crippen LogP contribution in [-0.2, 0) is 22.5 Å². The predicted octanol–water partition coefficient (Wildman–Crippen LogP) is 4.26. The predicted molar refractivity (Wildman–Crippen MR) is 109 cm³/mol. The van der Waals surface area contributed by atoms with Crippen molar-refractivity contribution in [2.45, 2.75) is 47.1 Å². The van der Waals surface area contributed by atoms with Crippen molar-refractivity contribution < 1.29 is 23.2 Å². The van der Waals surface area contributed by atoms with Crippen LogP contribution in [0.15, 0.2) is 34.9 Å². The van der Waals surface area contributed by atoms with Crippen LogP contribution in [0, 0.1) is 33.5 Å². The van der Waals surface area contributed by atoms with Crippen molar-refractivity contribution in [2.24, 2.45) is 0 Å². The molecule has 0 aliphatic carbocycles. The Labute approximate surface area is 174 Å². The summed E-state index contributed by atoms with van der Waals surface area (Å²) in [7, 11) is 0. The summed E-state index contributed by atoms with van der Waals surface area (Å²) in [6, 6.07) is 8.06. The van der Waals surface area contributed by atoms with E-state index in [1.165, 1.54) is 12.1 Å². The molecule has 3 aromatic rings. The summed E-state index contributed by atoms with van der Waals surface area (Å²) in [6.07, 6.45) is 0.611. The van der Waals surface area contributed by atoms with E-state index in [0.717, 1.165) is 28.2 Å². The van der Waals surface area contributed by atoms with E-state index >= 15 is 0 Å². The van der Waals surface area contributed by atoms with Crippen molar-refractivity contribution in [3.8, 4) is 0 Å². The molecule has 0 atom stereocenters. The zero-order valence-corrected chi connectivity index (χ0v) is 17.6. The third kappa shape index (κ3) is 4.84. The molecule has 0 spiro atoms. The van der Waals surface area contributed by atoms with Gasteiger partial charge in [0.2, 0.25) is 5.78 Å². The first-order chi connectivity index (χ1) is 14.3. The van der Waals surface area contributed by atoms with Crippen LogP contribution in [0.25, 0.3) is 0 Å². The van der Waals surface area contributed by atoms with Crippen molar-refractivity contribution in [3.63, 3.8) is 0 Å². The first-order valence-electron chi connectivity index (χ1n) is 9.78.